The number of hydrogen-bond acceptors (Lipinski definition) is 3. The van der Waals surface area contributed by atoms with E-state index >= 15 is 0 Å². The first-order valence-electron chi connectivity index (χ1n) is 9.89. The minimum absolute atomic E-state index is 0.0422. The van der Waals surface area contributed by atoms with Gasteiger partial charge in [-0.2, -0.15) is 0 Å². The maximum Gasteiger partial charge on any atom is 0.164 e. The SMILES string of the molecule is CC(=O)[C@@]12OC1C[C@H]1[C@@H]3CC=C4C[C@@H](O)CC[C@]4(C)[C@H]3CC[C@@]12C. The van der Waals surface area contributed by atoms with Gasteiger partial charge in [-0.25, -0.2) is 0 Å². The van der Waals surface area contributed by atoms with E-state index in [2.05, 4.69) is 19.9 Å². The number of Topliss-reactive ketones (excluding diaryl/α,β-unsaturated/α-hetero) is 1. The Morgan fingerprint density at radius 3 is 2.79 bits per heavy atom. The molecular weight excluding hydrogens is 300 g/mol. The van der Waals surface area contributed by atoms with Crippen LogP contribution in [-0.2, 0) is 9.53 Å². The standard InChI is InChI=1S/C21H30O3/c1-12(22)21-18(24-21)11-17-15-5-4-13-10-14(23)6-8-19(13,2)16(15)7-9-20(17,21)3/h4,14-18,23H,5-11H2,1-3H3/t14-,15+,16-,17-,18?,19-,20-,21+/m0/s1. The van der Waals surface area contributed by atoms with Gasteiger partial charge < -0.3 is 9.84 Å². The molecule has 3 nitrogen and oxygen atoms in total. The Bertz CT molecular complexity index is 639. The largest absolute Gasteiger partial charge is 0.393 e. The molecule has 8 atom stereocenters. The molecule has 1 N–H and O–H groups in total. The first-order valence-corrected chi connectivity index (χ1v) is 9.89. The summed E-state index contributed by atoms with van der Waals surface area (Å²) in [7, 11) is 0. The fourth-order valence-electron chi connectivity index (χ4n) is 7.71. The first-order chi connectivity index (χ1) is 11.3. The van der Waals surface area contributed by atoms with Crippen molar-refractivity contribution in [1.82, 2.24) is 0 Å². The van der Waals surface area contributed by atoms with Crippen molar-refractivity contribution in [2.75, 3.05) is 0 Å². The van der Waals surface area contributed by atoms with Gasteiger partial charge in [0.15, 0.2) is 11.4 Å². The third kappa shape index (κ3) is 1.60. The number of rotatable bonds is 1. The monoisotopic (exact) mass is 330 g/mol. The summed E-state index contributed by atoms with van der Waals surface area (Å²) in [6.45, 7) is 6.54. The zero-order chi connectivity index (χ0) is 16.9. The van der Waals surface area contributed by atoms with E-state index in [1.807, 2.05) is 0 Å². The summed E-state index contributed by atoms with van der Waals surface area (Å²) in [4.78, 5) is 12.4. The predicted molar refractivity (Wildman–Crippen MR) is 91.4 cm³/mol. The van der Waals surface area contributed by atoms with Gasteiger partial charge in [0, 0.05) is 5.41 Å². The molecule has 1 saturated heterocycles. The molecule has 0 bridgehead atoms. The Kier molecular flexibility index (Phi) is 2.94. The van der Waals surface area contributed by atoms with Crippen molar-refractivity contribution >= 4 is 5.78 Å². The summed E-state index contributed by atoms with van der Waals surface area (Å²) >= 11 is 0. The number of hydrogen-bond donors (Lipinski definition) is 1. The van der Waals surface area contributed by atoms with Gasteiger partial charge in [-0.3, -0.25) is 4.79 Å². The molecule has 1 heterocycles. The van der Waals surface area contributed by atoms with E-state index in [0.717, 1.165) is 44.4 Å². The topological polar surface area (TPSA) is 49.8 Å². The number of carbonyl (C=O) groups excluding carboxylic acids is 1. The molecule has 24 heavy (non-hydrogen) atoms. The second-order valence-corrected chi connectivity index (χ2v) is 9.75. The Morgan fingerprint density at radius 1 is 1.25 bits per heavy atom. The van der Waals surface area contributed by atoms with Gasteiger partial charge in [-0.15, -0.1) is 0 Å². The lowest BCUT2D eigenvalue weighted by molar-refractivity contribution is -0.135. The van der Waals surface area contributed by atoms with Gasteiger partial charge in [0.05, 0.1) is 12.2 Å². The normalized spacial score (nSPS) is 58.0. The van der Waals surface area contributed by atoms with Crippen LogP contribution < -0.4 is 0 Å². The molecule has 1 unspecified atom stereocenters. The number of allylic oxidation sites excluding steroid dienone is 1. The van der Waals surface area contributed by atoms with Crippen LogP contribution in [0.5, 0.6) is 0 Å². The fourth-order valence-corrected chi connectivity index (χ4v) is 7.71. The van der Waals surface area contributed by atoms with E-state index in [1.165, 1.54) is 12.0 Å². The Hall–Kier alpha value is -0.670. The van der Waals surface area contributed by atoms with Crippen molar-refractivity contribution < 1.29 is 14.6 Å². The maximum absolute atomic E-state index is 12.4. The van der Waals surface area contributed by atoms with Crippen LogP contribution in [0.3, 0.4) is 0 Å². The number of ketones is 1. The second kappa shape index (κ2) is 4.54. The van der Waals surface area contributed by atoms with Crippen LogP contribution in [0.2, 0.25) is 0 Å². The molecule has 4 aliphatic carbocycles. The first kappa shape index (κ1) is 15.6. The van der Waals surface area contributed by atoms with Crippen LogP contribution in [0.15, 0.2) is 11.6 Å². The van der Waals surface area contributed by atoms with Gasteiger partial charge >= 0.3 is 0 Å². The van der Waals surface area contributed by atoms with Crippen LogP contribution in [0.4, 0.5) is 0 Å². The number of carbonyl (C=O) groups is 1. The van der Waals surface area contributed by atoms with Gasteiger partial charge in [0.25, 0.3) is 0 Å². The summed E-state index contributed by atoms with van der Waals surface area (Å²) in [5, 5.41) is 10.1. The zero-order valence-electron chi connectivity index (χ0n) is 15.2. The molecule has 0 aromatic rings. The van der Waals surface area contributed by atoms with E-state index in [1.54, 1.807) is 6.92 Å². The second-order valence-electron chi connectivity index (χ2n) is 9.75. The third-order valence-electron chi connectivity index (χ3n) is 9.03. The molecule has 0 spiro atoms. The predicted octanol–water partition coefficient (Wildman–Crippen LogP) is 3.65. The third-order valence-corrected chi connectivity index (χ3v) is 9.03. The van der Waals surface area contributed by atoms with Gasteiger partial charge in [0.1, 0.15) is 0 Å². The van der Waals surface area contributed by atoms with Crippen molar-refractivity contribution in [1.29, 1.82) is 0 Å². The number of epoxide rings is 1. The van der Waals surface area contributed by atoms with E-state index in [9.17, 15) is 9.90 Å². The molecule has 0 aromatic heterocycles. The van der Waals surface area contributed by atoms with Gasteiger partial charge in [-0.05, 0) is 75.0 Å². The van der Waals surface area contributed by atoms with Crippen molar-refractivity contribution in [3.8, 4) is 0 Å². The fraction of sp³-hybridized carbons (Fsp3) is 0.857. The van der Waals surface area contributed by atoms with Crippen molar-refractivity contribution in [3.63, 3.8) is 0 Å². The number of ether oxygens (including phenoxy) is 1. The average Bonchev–Trinajstić information content (AvgIpc) is 3.21. The van der Waals surface area contributed by atoms with Crippen LogP contribution in [0.25, 0.3) is 0 Å². The average molecular weight is 330 g/mol. The quantitative estimate of drug-likeness (QED) is 0.590. The van der Waals surface area contributed by atoms with Crippen molar-refractivity contribution in [2.24, 2.45) is 28.6 Å². The minimum Gasteiger partial charge on any atom is -0.393 e. The molecule has 4 fully saturated rings. The molecule has 3 saturated carbocycles. The van der Waals surface area contributed by atoms with Gasteiger partial charge in [0.2, 0.25) is 0 Å². The van der Waals surface area contributed by atoms with Crippen LogP contribution in [0, 0.1) is 28.6 Å². The van der Waals surface area contributed by atoms with E-state index < -0.39 is 5.60 Å². The Balaban J connectivity index is 1.51. The highest BCUT2D eigenvalue weighted by atomic mass is 16.6. The summed E-state index contributed by atoms with van der Waals surface area (Å²) in [5.74, 6) is 2.31. The van der Waals surface area contributed by atoms with E-state index in [0.29, 0.717) is 11.8 Å². The molecule has 0 aromatic carbocycles. The highest BCUT2D eigenvalue weighted by Gasteiger charge is 2.79. The minimum atomic E-state index is -0.448. The highest BCUT2D eigenvalue weighted by molar-refractivity contribution is 5.90. The molecule has 0 amide bonds. The van der Waals surface area contributed by atoms with E-state index in [4.69, 9.17) is 4.74 Å². The lowest BCUT2D eigenvalue weighted by Crippen LogP contribution is -2.54. The summed E-state index contributed by atoms with van der Waals surface area (Å²) in [5.41, 5.74) is 1.39. The lowest BCUT2D eigenvalue weighted by Gasteiger charge is -2.58. The molecule has 0 radical (unpaired) electrons. The maximum atomic E-state index is 12.4. The summed E-state index contributed by atoms with van der Waals surface area (Å²) in [6, 6.07) is 0. The van der Waals surface area contributed by atoms with Gasteiger partial charge in [-0.1, -0.05) is 25.5 Å². The summed E-state index contributed by atoms with van der Waals surface area (Å²) < 4.78 is 6.00. The highest BCUT2D eigenvalue weighted by Crippen LogP contribution is 2.73. The van der Waals surface area contributed by atoms with Crippen molar-refractivity contribution in [3.05, 3.63) is 11.6 Å². The number of aliphatic hydroxyl groups is 1. The Morgan fingerprint density at radius 2 is 2.04 bits per heavy atom. The zero-order valence-corrected chi connectivity index (χ0v) is 15.2. The van der Waals surface area contributed by atoms with Crippen molar-refractivity contribution in [2.45, 2.75) is 83.5 Å². The molecule has 132 valence electrons. The molecule has 3 heteroatoms. The van der Waals surface area contributed by atoms with Crippen LogP contribution >= 0.6 is 0 Å². The lowest BCUT2D eigenvalue weighted by atomic mass is 9.47. The van der Waals surface area contributed by atoms with Crippen LogP contribution in [0.1, 0.15) is 65.7 Å². The Labute approximate surface area is 144 Å². The smallest absolute Gasteiger partial charge is 0.164 e. The molecule has 1 aliphatic heterocycles. The molecule has 5 aliphatic rings. The van der Waals surface area contributed by atoms with E-state index in [-0.39, 0.29) is 28.8 Å². The number of aliphatic hydroxyl groups excluding tert-OH is 1. The number of fused-ring (bicyclic) bond motifs is 7. The van der Waals surface area contributed by atoms with Crippen LogP contribution in [-0.4, -0.2) is 28.7 Å². The molecular formula is C21H30O3. The summed E-state index contributed by atoms with van der Waals surface area (Å²) in [6.07, 6.45) is 10.0. The molecule has 5 rings (SSSR count).